The second-order valence-electron chi connectivity index (χ2n) is 10.8. The smallest absolute Gasteiger partial charge is 0.418 e. The summed E-state index contributed by atoms with van der Waals surface area (Å²) in [5, 5.41) is 19.5. The number of aliphatic carboxylic acids is 1. The third-order valence-electron chi connectivity index (χ3n) is 6.71. The fraction of sp³-hybridized carbons (Fsp3) is 0.407. The van der Waals surface area contributed by atoms with E-state index >= 15 is 0 Å². The van der Waals surface area contributed by atoms with E-state index in [1.54, 1.807) is 43.7 Å². The first-order chi connectivity index (χ1) is 22.4. The molecule has 0 bridgehead atoms. The minimum atomic E-state index is -5.05. The number of nitrogens with zero attached hydrogens (tertiary/aromatic N) is 4. The number of hydrogen-bond donors (Lipinski definition) is 6. The molecule has 262 valence electrons. The van der Waals surface area contributed by atoms with Crippen LogP contribution < -0.4 is 26.8 Å². The first-order valence-corrected chi connectivity index (χ1v) is 16.5. The van der Waals surface area contributed by atoms with E-state index in [1.165, 1.54) is 13.8 Å². The van der Waals surface area contributed by atoms with Crippen molar-refractivity contribution in [1.29, 1.82) is 0 Å². The number of rotatable bonds is 17. The number of benzene rings is 1. The standard InChI is InChI=1S/C27H35ClN8O10S2/c1-26(2)20(23(38)36(26)46-48(41,42)43)34-22(37)19(18-21(28)47-25(30)33-18)35-45-27(3,24(39)40)14-44-17-8-6-15(7-9-17)16(12-31-4)13-32-11-5-10-29/h6-9,12-13,20,32H,5,10-11,14,29H2,1-4H3,(H2,30,33)(H,34,37)(H,39,40)(H,41,42,43)/b16-13+,31-12?,35-19-. The van der Waals surface area contributed by atoms with Crippen LogP contribution in [-0.2, 0) is 33.9 Å². The number of nitrogens with one attached hydrogen (secondary N) is 2. The lowest BCUT2D eigenvalue weighted by atomic mass is 9.84. The maximum atomic E-state index is 13.4. The summed E-state index contributed by atoms with van der Waals surface area (Å²) in [6.07, 6.45) is 4.25. The Morgan fingerprint density at radius 2 is 1.96 bits per heavy atom. The average Bonchev–Trinajstić information content (AvgIpc) is 3.35. The SMILES string of the molecule is CN=C/C(=C\NCCCN)c1ccc(OCC(C)(O/N=C(\C(=O)NC2C(=O)N(OS(=O)(=O)O)C2(C)C)c2nc(N)sc2Cl)C(=O)O)cc1. The van der Waals surface area contributed by atoms with Gasteiger partial charge in [0.05, 0.1) is 5.54 Å². The van der Waals surface area contributed by atoms with Gasteiger partial charge in [-0.05, 0) is 51.4 Å². The van der Waals surface area contributed by atoms with Crippen LogP contribution in [0, 0.1) is 0 Å². The molecule has 0 spiro atoms. The monoisotopic (exact) mass is 730 g/mol. The number of carbonyl (C=O) groups excluding carboxylic acids is 2. The van der Waals surface area contributed by atoms with Crippen LogP contribution in [0.1, 0.15) is 38.4 Å². The Labute approximate surface area is 284 Å². The largest absolute Gasteiger partial charge is 0.489 e. The number of carboxylic acid groups (broad SMARTS) is 1. The van der Waals surface area contributed by atoms with Gasteiger partial charge < -0.3 is 36.8 Å². The number of hydrogen-bond acceptors (Lipinski definition) is 15. The number of anilines is 1. The molecule has 2 unspecified atom stereocenters. The number of β-lactam (4-membered cyclic amide) rings is 1. The van der Waals surface area contributed by atoms with Crippen molar-refractivity contribution < 1.29 is 46.3 Å². The number of nitrogens with two attached hydrogens (primary N) is 2. The van der Waals surface area contributed by atoms with Crippen molar-refractivity contribution in [1.82, 2.24) is 20.7 Å². The topological polar surface area (TPSA) is 270 Å². The van der Waals surface area contributed by atoms with Gasteiger partial charge in [0, 0.05) is 31.6 Å². The quantitative estimate of drug-likeness (QED) is 0.0433. The summed E-state index contributed by atoms with van der Waals surface area (Å²) in [4.78, 5) is 51.7. The zero-order valence-electron chi connectivity index (χ0n) is 26.2. The highest BCUT2D eigenvalue weighted by Gasteiger charge is 2.58. The molecule has 1 fully saturated rings. The van der Waals surface area contributed by atoms with Crippen LogP contribution in [0.5, 0.6) is 5.75 Å². The minimum Gasteiger partial charge on any atom is -0.489 e. The van der Waals surface area contributed by atoms with Crippen molar-refractivity contribution in [2.75, 3.05) is 32.5 Å². The second-order valence-corrected chi connectivity index (χ2v) is 13.5. The summed E-state index contributed by atoms with van der Waals surface area (Å²) in [6.45, 7) is 4.48. The predicted octanol–water partition coefficient (Wildman–Crippen LogP) is 0.842. The Kier molecular flexibility index (Phi) is 12.5. The number of amides is 2. The Bertz CT molecular complexity index is 1710. The number of aliphatic imine (C=N–C) groups is 1. The number of oxime groups is 1. The zero-order chi connectivity index (χ0) is 35.9. The number of hydroxylamine groups is 2. The predicted molar refractivity (Wildman–Crippen MR) is 177 cm³/mol. The molecular formula is C27H35ClN8O10S2. The molecule has 2 amide bonds. The van der Waals surface area contributed by atoms with Crippen LogP contribution >= 0.6 is 22.9 Å². The summed E-state index contributed by atoms with van der Waals surface area (Å²) < 4.78 is 41.1. The van der Waals surface area contributed by atoms with E-state index in [-0.39, 0.29) is 15.2 Å². The third kappa shape index (κ3) is 9.39. The molecule has 0 aliphatic carbocycles. The molecule has 21 heteroatoms. The molecule has 8 N–H and O–H groups in total. The number of allylic oxidation sites excluding steroid dienone is 1. The number of aromatic nitrogens is 1. The number of halogens is 1. The second kappa shape index (κ2) is 15.7. The van der Waals surface area contributed by atoms with E-state index in [0.717, 1.165) is 35.8 Å². The molecule has 48 heavy (non-hydrogen) atoms. The van der Waals surface area contributed by atoms with Crippen LogP contribution in [0.2, 0.25) is 4.34 Å². The van der Waals surface area contributed by atoms with Gasteiger partial charge in [-0.1, -0.05) is 40.2 Å². The molecule has 1 aromatic carbocycles. The number of thiazole rings is 1. The lowest BCUT2D eigenvalue weighted by Gasteiger charge is -2.50. The summed E-state index contributed by atoms with van der Waals surface area (Å²) in [5.41, 5.74) is 8.25. The van der Waals surface area contributed by atoms with Crippen molar-refractivity contribution >= 4 is 73.8 Å². The highest BCUT2D eigenvalue weighted by atomic mass is 35.5. The van der Waals surface area contributed by atoms with Gasteiger partial charge in [-0.3, -0.25) is 19.1 Å². The molecule has 2 heterocycles. The highest BCUT2D eigenvalue weighted by Crippen LogP contribution is 2.33. The zero-order valence-corrected chi connectivity index (χ0v) is 28.6. The number of ether oxygens (including phenoxy) is 1. The normalized spacial score (nSPS) is 17.9. The van der Waals surface area contributed by atoms with Crippen LogP contribution in [0.3, 0.4) is 0 Å². The van der Waals surface area contributed by atoms with Crippen molar-refractivity contribution in [3.63, 3.8) is 0 Å². The number of carbonyl (C=O) groups is 3. The molecule has 0 radical (unpaired) electrons. The maximum absolute atomic E-state index is 13.4. The van der Waals surface area contributed by atoms with Crippen LogP contribution in [0.25, 0.3) is 5.57 Å². The van der Waals surface area contributed by atoms with Gasteiger partial charge in [0.15, 0.2) is 10.8 Å². The van der Waals surface area contributed by atoms with Gasteiger partial charge in [-0.15, -0.1) is 4.28 Å². The van der Waals surface area contributed by atoms with Crippen molar-refractivity contribution in [3.05, 3.63) is 46.1 Å². The van der Waals surface area contributed by atoms with Crippen molar-refractivity contribution in [3.8, 4) is 5.75 Å². The molecule has 18 nitrogen and oxygen atoms in total. The molecule has 1 saturated heterocycles. The van der Waals surface area contributed by atoms with E-state index in [0.29, 0.717) is 23.9 Å². The summed E-state index contributed by atoms with van der Waals surface area (Å²) in [5.74, 6) is -3.36. The fourth-order valence-electron chi connectivity index (χ4n) is 4.03. The Morgan fingerprint density at radius 1 is 1.29 bits per heavy atom. The number of nitrogen functional groups attached to an aromatic ring is 1. The molecule has 0 saturated carbocycles. The number of carboxylic acids is 1. The van der Waals surface area contributed by atoms with E-state index in [1.807, 2.05) is 0 Å². The van der Waals surface area contributed by atoms with Gasteiger partial charge in [0.25, 0.3) is 17.4 Å². The third-order valence-corrected chi connectivity index (χ3v) is 8.13. The van der Waals surface area contributed by atoms with Gasteiger partial charge >= 0.3 is 16.4 Å². The Balaban J connectivity index is 1.81. The van der Waals surface area contributed by atoms with Crippen LogP contribution in [0.15, 0.2) is 40.6 Å². The van der Waals surface area contributed by atoms with Gasteiger partial charge in [-0.25, -0.2) is 9.78 Å². The lowest BCUT2D eigenvalue weighted by molar-refractivity contribution is -0.218. The summed E-state index contributed by atoms with van der Waals surface area (Å²) in [6, 6.07) is 5.33. The molecule has 1 aliphatic heterocycles. The first kappa shape index (κ1) is 38.1. The van der Waals surface area contributed by atoms with E-state index in [9.17, 15) is 27.9 Å². The molecular weight excluding hydrogens is 696 g/mol. The molecule has 1 aliphatic rings. The van der Waals surface area contributed by atoms with Crippen LogP contribution in [0.4, 0.5) is 5.13 Å². The van der Waals surface area contributed by atoms with E-state index < -0.39 is 57.7 Å². The highest BCUT2D eigenvalue weighted by molar-refractivity contribution is 7.80. The Hall–Kier alpha value is -4.34. The molecule has 2 aromatic rings. The Morgan fingerprint density at radius 3 is 2.48 bits per heavy atom. The lowest BCUT2D eigenvalue weighted by Crippen LogP contribution is -2.76. The van der Waals surface area contributed by atoms with Gasteiger partial charge in [0.2, 0.25) is 0 Å². The van der Waals surface area contributed by atoms with Crippen molar-refractivity contribution in [2.45, 2.75) is 44.4 Å². The fourth-order valence-corrected chi connectivity index (χ4v) is 5.42. The van der Waals surface area contributed by atoms with Crippen molar-refractivity contribution in [2.24, 2.45) is 15.9 Å². The summed E-state index contributed by atoms with van der Waals surface area (Å²) >= 11 is 6.99. The first-order valence-electron chi connectivity index (χ1n) is 14.0. The van der Waals surface area contributed by atoms with E-state index in [2.05, 4.69) is 30.0 Å². The van der Waals surface area contributed by atoms with E-state index in [4.69, 9.17) is 37.2 Å². The maximum Gasteiger partial charge on any atom is 0.418 e. The average molecular weight is 731 g/mol. The molecule has 3 rings (SSSR count). The van der Waals surface area contributed by atoms with Crippen LogP contribution in [-0.4, -0.2) is 102 Å². The minimum absolute atomic E-state index is 0.0643. The van der Waals surface area contributed by atoms with Gasteiger partial charge in [-0.2, -0.15) is 13.5 Å². The molecule has 2 atom stereocenters. The van der Waals surface area contributed by atoms with Gasteiger partial charge in [0.1, 0.15) is 28.4 Å². The summed E-state index contributed by atoms with van der Waals surface area (Å²) in [7, 11) is -3.41. The molecule has 1 aromatic heterocycles.